The van der Waals surface area contributed by atoms with Crippen LogP contribution in [0.3, 0.4) is 0 Å². The van der Waals surface area contributed by atoms with Gasteiger partial charge in [-0.1, -0.05) is 59.1 Å². The van der Waals surface area contributed by atoms with Crippen molar-refractivity contribution in [3.8, 4) is 0 Å². The van der Waals surface area contributed by atoms with E-state index in [1.807, 2.05) is 0 Å². The third kappa shape index (κ3) is 7.14. The third-order valence-corrected chi connectivity index (χ3v) is 3.83. The lowest BCUT2D eigenvalue weighted by molar-refractivity contribution is 0.0686. The van der Waals surface area contributed by atoms with E-state index in [4.69, 9.17) is 9.47 Å². The molecule has 1 unspecified atom stereocenters. The number of methoxy groups -OCH3 is 1. The molecule has 0 aromatic heterocycles. The first-order chi connectivity index (χ1) is 8.84. The highest BCUT2D eigenvalue weighted by Gasteiger charge is 2.05. The van der Waals surface area contributed by atoms with Crippen LogP contribution >= 0.6 is 15.9 Å². The standard InChI is InChI=1S/C15H23BrO2/c1-17-12-13-18-11-7-3-6-10-15(16)14-8-4-2-5-9-14/h2,4-5,8-9,15H,3,6-7,10-13H2,1H3. The molecule has 0 spiro atoms. The minimum Gasteiger partial charge on any atom is -0.382 e. The van der Waals surface area contributed by atoms with Crippen LogP contribution in [-0.2, 0) is 9.47 Å². The van der Waals surface area contributed by atoms with Gasteiger partial charge in [-0.2, -0.15) is 0 Å². The van der Waals surface area contributed by atoms with Gasteiger partial charge in [0.2, 0.25) is 0 Å². The normalized spacial score (nSPS) is 12.6. The van der Waals surface area contributed by atoms with Crippen LogP contribution in [0.5, 0.6) is 0 Å². The summed E-state index contributed by atoms with van der Waals surface area (Å²) in [5.74, 6) is 0. The van der Waals surface area contributed by atoms with Crippen LogP contribution in [-0.4, -0.2) is 26.9 Å². The van der Waals surface area contributed by atoms with Crippen LogP contribution in [0.25, 0.3) is 0 Å². The molecular formula is C15H23BrO2. The summed E-state index contributed by atoms with van der Waals surface area (Å²) < 4.78 is 10.3. The van der Waals surface area contributed by atoms with E-state index in [2.05, 4.69) is 46.3 Å². The lowest BCUT2D eigenvalue weighted by Gasteiger charge is -2.09. The Labute approximate surface area is 119 Å². The second-order valence-electron chi connectivity index (χ2n) is 4.33. The summed E-state index contributed by atoms with van der Waals surface area (Å²) >= 11 is 3.74. The van der Waals surface area contributed by atoms with Gasteiger partial charge in [-0.15, -0.1) is 0 Å². The number of hydrogen-bond donors (Lipinski definition) is 0. The Morgan fingerprint density at radius 2 is 1.78 bits per heavy atom. The van der Waals surface area contributed by atoms with Crippen molar-refractivity contribution in [1.82, 2.24) is 0 Å². The Bertz CT molecular complexity index is 290. The van der Waals surface area contributed by atoms with Gasteiger partial charge in [-0.3, -0.25) is 0 Å². The highest BCUT2D eigenvalue weighted by Crippen LogP contribution is 2.28. The fourth-order valence-corrected chi connectivity index (χ4v) is 2.41. The summed E-state index contributed by atoms with van der Waals surface area (Å²) in [5, 5.41) is 0. The van der Waals surface area contributed by atoms with Gasteiger partial charge in [0, 0.05) is 18.5 Å². The molecule has 102 valence electrons. The summed E-state index contributed by atoms with van der Waals surface area (Å²) in [6.45, 7) is 2.25. The van der Waals surface area contributed by atoms with Crippen molar-refractivity contribution < 1.29 is 9.47 Å². The molecule has 0 saturated heterocycles. The van der Waals surface area contributed by atoms with E-state index >= 15 is 0 Å². The van der Waals surface area contributed by atoms with Crippen LogP contribution in [0.4, 0.5) is 0 Å². The van der Waals surface area contributed by atoms with Gasteiger partial charge in [-0.25, -0.2) is 0 Å². The Hall–Kier alpha value is -0.380. The van der Waals surface area contributed by atoms with E-state index in [1.165, 1.54) is 24.8 Å². The van der Waals surface area contributed by atoms with Crippen LogP contribution in [0.15, 0.2) is 30.3 Å². The summed E-state index contributed by atoms with van der Waals surface area (Å²) in [7, 11) is 1.70. The largest absolute Gasteiger partial charge is 0.382 e. The van der Waals surface area contributed by atoms with E-state index in [-0.39, 0.29) is 0 Å². The molecule has 0 amide bonds. The third-order valence-electron chi connectivity index (χ3n) is 2.84. The summed E-state index contributed by atoms with van der Waals surface area (Å²) in [5.41, 5.74) is 1.37. The minimum atomic E-state index is 0.480. The molecule has 1 rings (SSSR count). The zero-order valence-electron chi connectivity index (χ0n) is 11.1. The number of alkyl halides is 1. The molecule has 1 aromatic rings. The highest BCUT2D eigenvalue weighted by molar-refractivity contribution is 9.09. The topological polar surface area (TPSA) is 18.5 Å². The number of benzene rings is 1. The van der Waals surface area contributed by atoms with Crippen molar-refractivity contribution in [2.45, 2.75) is 30.5 Å². The Kier molecular flexibility index (Phi) is 9.17. The molecule has 1 aromatic carbocycles. The van der Waals surface area contributed by atoms with Crippen molar-refractivity contribution in [2.24, 2.45) is 0 Å². The number of hydrogen-bond acceptors (Lipinski definition) is 2. The lowest BCUT2D eigenvalue weighted by atomic mass is 10.1. The predicted molar refractivity (Wildman–Crippen MR) is 79.3 cm³/mol. The molecule has 0 fully saturated rings. The van der Waals surface area contributed by atoms with Gasteiger partial charge in [0.05, 0.1) is 13.2 Å². The number of ether oxygens (including phenoxy) is 2. The van der Waals surface area contributed by atoms with Gasteiger partial charge in [0.25, 0.3) is 0 Å². The first kappa shape index (κ1) is 15.7. The van der Waals surface area contributed by atoms with Crippen molar-refractivity contribution in [3.63, 3.8) is 0 Å². The summed E-state index contributed by atoms with van der Waals surface area (Å²) in [6.07, 6.45) is 4.78. The summed E-state index contributed by atoms with van der Waals surface area (Å²) in [6, 6.07) is 10.6. The van der Waals surface area contributed by atoms with E-state index < -0.39 is 0 Å². The Balaban J connectivity index is 1.98. The van der Waals surface area contributed by atoms with Crippen LogP contribution in [0, 0.1) is 0 Å². The first-order valence-corrected chi connectivity index (χ1v) is 7.52. The molecule has 3 heteroatoms. The molecule has 0 saturated carbocycles. The average molecular weight is 315 g/mol. The van der Waals surface area contributed by atoms with Crippen molar-refractivity contribution in [2.75, 3.05) is 26.9 Å². The van der Waals surface area contributed by atoms with Crippen molar-refractivity contribution in [3.05, 3.63) is 35.9 Å². The molecule has 0 radical (unpaired) electrons. The zero-order chi connectivity index (χ0) is 13.1. The quantitative estimate of drug-likeness (QED) is 0.472. The molecule has 0 aliphatic heterocycles. The molecule has 2 nitrogen and oxygen atoms in total. The number of rotatable bonds is 10. The van der Waals surface area contributed by atoms with Gasteiger partial charge >= 0.3 is 0 Å². The van der Waals surface area contributed by atoms with Crippen LogP contribution in [0.2, 0.25) is 0 Å². The SMILES string of the molecule is COCCOCCCCCC(Br)c1ccccc1. The molecule has 0 aliphatic carbocycles. The van der Waals surface area contributed by atoms with Gasteiger partial charge in [0.1, 0.15) is 0 Å². The Morgan fingerprint density at radius 3 is 2.50 bits per heavy atom. The highest BCUT2D eigenvalue weighted by atomic mass is 79.9. The average Bonchev–Trinajstić information content (AvgIpc) is 2.42. The van der Waals surface area contributed by atoms with Gasteiger partial charge < -0.3 is 9.47 Å². The fraction of sp³-hybridized carbons (Fsp3) is 0.600. The molecule has 0 heterocycles. The second kappa shape index (κ2) is 10.5. The molecule has 1 atom stereocenters. The molecule has 0 bridgehead atoms. The minimum absolute atomic E-state index is 0.480. The first-order valence-electron chi connectivity index (χ1n) is 6.60. The van der Waals surface area contributed by atoms with Crippen LogP contribution in [0.1, 0.15) is 36.1 Å². The molecule has 0 N–H and O–H groups in total. The maximum Gasteiger partial charge on any atom is 0.0700 e. The van der Waals surface area contributed by atoms with Crippen molar-refractivity contribution >= 4 is 15.9 Å². The van der Waals surface area contributed by atoms with Gasteiger partial charge in [0.15, 0.2) is 0 Å². The van der Waals surface area contributed by atoms with Crippen molar-refractivity contribution in [1.29, 1.82) is 0 Å². The monoisotopic (exact) mass is 314 g/mol. The second-order valence-corrected chi connectivity index (χ2v) is 5.44. The van der Waals surface area contributed by atoms with Crippen LogP contribution < -0.4 is 0 Å². The van der Waals surface area contributed by atoms with E-state index in [1.54, 1.807) is 7.11 Å². The molecular weight excluding hydrogens is 292 g/mol. The predicted octanol–water partition coefficient (Wildman–Crippen LogP) is 4.35. The lowest BCUT2D eigenvalue weighted by Crippen LogP contribution is -2.02. The Morgan fingerprint density at radius 1 is 1.00 bits per heavy atom. The van der Waals surface area contributed by atoms with E-state index in [0.29, 0.717) is 18.0 Å². The fourth-order valence-electron chi connectivity index (χ4n) is 1.78. The maximum absolute atomic E-state index is 5.43. The number of unbranched alkanes of at least 4 members (excludes halogenated alkanes) is 2. The van der Waals surface area contributed by atoms with E-state index in [9.17, 15) is 0 Å². The molecule has 18 heavy (non-hydrogen) atoms. The smallest absolute Gasteiger partial charge is 0.0700 e. The number of halogens is 1. The zero-order valence-corrected chi connectivity index (χ0v) is 12.7. The van der Waals surface area contributed by atoms with Gasteiger partial charge in [-0.05, 0) is 18.4 Å². The summed E-state index contributed by atoms with van der Waals surface area (Å²) in [4.78, 5) is 0.480. The molecule has 0 aliphatic rings. The van der Waals surface area contributed by atoms with E-state index in [0.717, 1.165) is 13.0 Å². The maximum atomic E-state index is 5.43.